The van der Waals surface area contributed by atoms with Gasteiger partial charge in [-0.25, -0.2) is 0 Å². The average molecular weight is 427 g/mol. The number of hydrogen-bond donors (Lipinski definition) is 1. The van der Waals surface area contributed by atoms with Crippen molar-refractivity contribution in [2.45, 2.75) is 12.8 Å². The molecule has 0 amide bonds. The minimum absolute atomic E-state index is 0.793. The van der Waals surface area contributed by atoms with Gasteiger partial charge in [0.2, 0.25) is 0 Å². The zero-order valence-electron chi connectivity index (χ0n) is 18.1. The van der Waals surface area contributed by atoms with Crippen LogP contribution in [0.4, 0.5) is 5.69 Å². The summed E-state index contributed by atoms with van der Waals surface area (Å²) in [5.41, 5.74) is 15.4. The summed E-state index contributed by atoms with van der Waals surface area (Å²) in [5.74, 6) is 0.941. The van der Waals surface area contributed by atoms with Crippen LogP contribution in [-0.4, -0.2) is 4.57 Å². The molecule has 1 aliphatic carbocycles. The maximum absolute atomic E-state index is 6.87. The first-order valence-electron chi connectivity index (χ1n) is 11.4. The van der Waals surface area contributed by atoms with Crippen LogP contribution in [0.3, 0.4) is 0 Å². The normalized spacial score (nSPS) is 13.2. The molecule has 0 aliphatic heterocycles. The molecule has 4 aromatic carbocycles. The number of anilines is 1. The largest absolute Gasteiger partial charge is 0.456 e. The molecule has 7 rings (SSSR count). The van der Waals surface area contributed by atoms with E-state index < -0.39 is 0 Å². The van der Waals surface area contributed by atoms with E-state index in [-0.39, 0.29) is 0 Å². The summed E-state index contributed by atoms with van der Waals surface area (Å²) in [6, 6.07) is 29.9. The second-order valence-electron chi connectivity index (χ2n) is 8.67. The molecule has 0 unspecified atom stereocenters. The van der Waals surface area contributed by atoms with Crippen LogP contribution in [0.1, 0.15) is 17.7 Å². The van der Waals surface area contributed by atoms with E-state index in [1.165, 1.54) is 27.4 Å². The Kier molecular flexibility index (Phi) is 3.82. The first-order chi connectivity index (χ1) is 16.3. The number of para-hydroxylation sites is 3. The topological polar surface area (TPSA) is 44.1 Å². The van der Waals surface area contributed by atoms with Gasteiger partial charge in [0.15, 0.2) is 0 Å². The van der Waals surface area contributed by atoms with E-state index in [1.54, 1.807) is 0 Å². The molecule has 158 valence electrons. The van der Waals surface area contributed by atoms with Crippen molar-refractivity contribution in [1.82, 2.24) is 4.57 Å². The van der Waals surface area contributed by atoms with Crippen LogP contribution >= 0.6 is 0 Å². The van der Waals surface area contributed by atoms with Gasteiger partial charge in [-0.1, -0.05) is 60.7 Å². The van der Waals surface area contributed by atoms with Crippen molar-refractivity contribution in [3.05, 3.63) is 102 Å². The van der Waals surface area contributed by atoms with E-state index in [0.717, 1.165) is 52.1 Å². The van der Waals surface area contributed by atoms with Crippen molar-refractivity contribution in [3.8, 4) is 16.8 Å². The third kappa shape index (κ3) is 2.56. The van der Waals surface area contributed by atoms with E-state index in [1.807, 2.05) is 0 Å². The molecular weight excluding hydrogens is 404 g/mol. The number of nitrogens with zero attached hydrogens (tertiary/aromatic N) is 1. The molecule has 0 spiro atoms. The lowest BCUT2D eigenvalue weighted by atomic mass is 9.95. The van der Waals surface area contributed by atoms with Crippen molar-refractivity contribution in [2.24, 2.45) is 0 Å². The number of aromatic nitrogens is 1. The van der Waals surface area contributed by atoms with Gasteiger partial charge < -0.3 is 14.7 Å². The summed E-state index contributed by atoms with van der Waals surface area (Å²) < 4.78 is 8.47. The maximum atomic E-state index is 6.87. The van der Waals surface area contributed by atoms with Gasteiger partial charge in [0.1, 0.15) is 11.3 Å². The molecule has 0 saturated heterocycles. The summed E-state index contributed by atoms with van der Waals surface area (Å²) >= 11 is 0. The molecule has 2 N–H and O–H groups in total. The van der Waals surface area contributed by atoms with Gasteiger partial charge in [-0.3, -0.25) is 0 Å². The van der Waals surface area contributed by atoms with Crippen LogP contribution < -0.4 is 5.73 Å². The number of benzene rings is 4. The average Bonchev–Trinajstić information content (AvgIpc) is 3.41. The van der Waals surface area contributed by atoms with Gasteiger partial charge in [0, 0.05) is 32.8 Å². The highest BCUT2D eigenvalue weighted by molar-refractivity contribution is 6.10. The Morgan fingerprint density at radius 1 is 0.727 bits per heavy atom. The summed E-state index contributed by atoms with van der Waals surface area (Å²) in [7, 11) is 0. The molecule has 0 fully saturated rings. The predicted octanol–water partition coefficient (Wildman–Crippen LogP) is 7.74. The monoisotopic (exact) mass is 426 g/mol. The number of nitrogens with two attached hydrogens (primary N) is 1. The molecule has 1 aliphatic rings. The van der Waals surface area contributed by atoms with Crippen molar-refractivity contribution in [2.75, 3.05) is 5.73 Å². The minimum atomic E-state index is 0.793. The van der Waals surface area contributed by atoms with E-state index in [4.69, 9.17) is 10.2 Å². The Bertz CT molecular complexity index is 1680. The summed E-state index contributed by atoms with van der Waals surface area (Å²) in [4.78, 5) is 0. The molecule has 33 heavy (non-hydrogen) atoms. The van der Waals surface area contributed by atoms with Crippen LogP contribution in [0.2, 0.25) is 0 Å². The summed E-state index contributed by atoms with van der Waals surface area (Å²) in [6.07, 6.45) is 6.22. The molecule has 2 aromatic heterocycles. The minimum Gasteiger partial charge on any atom is -0.456 e. The quantitative estimate of drug-likeness (QED) is 0.288. The van der Waals surface area contributed by atoms with E-state index in [9.17, 15) is 0 Å². The first-order valence-corrected chi connectivity index (χ1v) is 11.4. The molecule has 0 saturated carbocycles. The number of aryl methyl sites for hydroxylation is 1. The van der Waals surface area contributed by atoms with Gasteiger partial charge in [-0.05, 0) is 49.2 Å². The Hall–Kier alpha value is -4.24. The number of hydrogen-bond acceptors (Lipinski definition) is 2. The number of allylic oxidation sites excluding steroid dienone is 1. The Morgan fingerprint density at radius 3 is 2.21 bits per heavy atom. The van der Waals surface area contributed by atoms with Crippen LogP contribution in [-0.2, 0) is 6.42 Å². The molecular formula is C30H22N2O. The van der Waals surface area contributed by atoms with E-state index in [0.29, 0.717) is 0 Å². The van der Waals surface area contributed by atoms with Gasteiger partial charge in [0.05, 0.1) is 22.4 Å². The standard InChI is InChI=1S/C30H22N2O/c31-30-22(17-18-28-29(30)23-12-4-8-16-27(23)33-28)21-11-3-7-15-26(21)32-24-13-5-1-9-19(24)20-10-2-6-14-25(20)32/h1-3,5-11,13-18H,4,12,31H2. The zero-order valence-corrected chi connectivity index (χ0v) is 18.1. The van der Waals surface area contributed by atoms with Gasteiger partial charge >= 0.3 is 0 Å². The lowest BCUT2D eigenvalue weighted by Gasteiger charge is -2.16. The second kappa shape index (κ2) is 6.88. The van der Waals surface area contributed by atoms with E-state index >= 15 is 0 Å². The molecule has 3 nitrogen and oxygen atoms in total. The lowest BCUT2D eigenvalue weighted by molar-refractivity contribution is 0.595. The van der Waals surface area contributed by atoms with Crippen molar-refractivity contribution < 1.29 is 4.42 Å². The van der Waals surface area contributed by atoms with Gasteiger partial charge in [-0.15, -0.1) is 0 Å². The Labute approximate surface area is 191 Å². The van der Waals surface area contributed by atoms with Gasteiger partial charge in [0.25, 0.3) is 0 Å². The number of furan rings is 1. The molecule has 0 radical (unpaired) electrons. The Morgan fingerprint density at radius 2 is 1.42 bits per heavy atom. The zero-order chi connectivity index (χ0) is 21.9. The van der Waals surface area contributed by atoms with Crippen molar-refractivity contribution in [3.63, 3.8) is 0 Å². The number of rotatable bonds is 2. The smallest absolute Gasteiger partial charge is 0.137 e. The maximum Gasteiger partial charge on any atom is 0.137 e. The molecule has 2 heterocycles. The van der Waals surface area contributed by atoms with E-state index in [2.05, 4.69) is 102 Å². The highest BCUT2D eigenvalue weighted by atomic mass is 16.3. The molecule has 6 aromatic rings. The van der Waals surface area contributed by atoms with Crippen LogP contribution in [0, 0.1) is 0 Å². The highest BCUT2D eigenvalue weighted by Gasteiger charge is 2.21. The third-order valence-corrected chi connectivity index (χ3v) is 6.87. The predicted molar refractivity (Wildman–Crippen MR) is 138 cm³/mol. The van der Waals surface area contributed by atoms with Crippen LogP contribution in [0.25, 0.3) is 55.7 Å². The fourth-order valence-electron chi connectivity index (χ4n) is 5.41. The number of nitrogen functional groups attached to an aromatic ring is 1. The molecule has 0 bridgehead atoms. The van der Waals surface area contributed by atoms with Crippen LogP contribution in [0.15, 0.2) is 95.4 Å². The molecule has 0 atom stereocenters. The van der Waals surface area contributed by atoms with Gasteiger partial charge in [-0.2, -0.15) is 0 Å². The highest BCUT2D eigenvalue weighted by Crippen LogP contribution is 2.42. The fourth-order valence-corrected chi connectivity index (χ4v) is 5.41. The fraction of sp³-hybridized carbons (Fsp3) is 0.0667. The Balaban J connectivity index is 1.55. The third-order valence-electron chi connectivity index (χ3n) is 6.87. The summed E-state index contributed by atoms with van der Waals surface area (Å²) in [5, 5.41) is 3.56. The van der Waals surface area contributed by atoms with Crippen molar-refractivity contribution in [1.29, 1.82) is 0 Å². The lowest BCUT2D eigenvalue weighted by Crippen LogP contribution is -2.00. The second-order valence-corrected chi connectivity index (χ2v) is 8.67. The van der Waals surface area contributed by atoms with Crippen molar-refractivity contribution >= 4 is 44.5 Å². The molecule has 3 heteroatoms. The van der Waals surface area contributed by atoms with Crippen LogP contribution in [0.5, 0.6) is 0 Å². The summed E-state index contributed by atoms with van der Waals surface area (Å²) in [6.45, 7) is 0. The SMILES string of the molecule is Nc1c(-c2ccccc2-n2c3ccccc3c3ccccc32)ccc2oc3c(c12)CCC=C3. The number of fused-ring (bicyclic) bond motifs is 6. The first kappa shape index (κ1) is 18.3.